The summed E-state index contributed by atoms with van der Waals surface area (Å²) in [6.07, 6.45) is 3.98. The first kappa shape index (κ1) is 15.0. The van der Waals surface area contributed by atoms with E-state index in [0.29, 0.717) is 23.3 Å². The van der Waals surface area contributed by atoms with Crippen molar-refractivity contribution in [1.82, 2.24) is 0 Å². The lowest BCUT2D eigenvalue weighted by Crippen LogP contribution is -2.23. The summed E-state index contributed by atoms with van der Waals surface area (Å²) in [4.78, 5) is 13.0. The van der Waals surface area contributed by atoms with E-state index in [-0.39, 0.29) is 5.57 Å². The first-order valence-corrected chi connectivity index (χ1v) is 8.74. The standard InChI is InChI=1S/C18H18O4S/c19-15-11-5-2-6-12(18(21)22)17(11)23-14-8-10-4-1-3-9(10)7-13(14)16(15)20/h6-8,15-16,19-20H,1-5H2,(H,21,22). The Morgan fingerprint density at radius 3 is 2.57 bits per heavy atom. The van der Waals surface area contributed by atoms with Crippen LogP contribution in [0.25, 0.3) is 0 Å². The Morgan fingerprint density at radius 1 is 1.09 bits per heavy atom. The van der Waals surface area contributed by atoms with Crippen molar-refractivity contribution in [2.75, 3.05) is 0 Å². The summed E-state index contributed by atoms with van der Waals surface area (Å²) < 4.78 is 0. The van der Waals surface area contributed by atoms with E-state index in [1.807, 2.05) is 6.07 Å². The summed E-state index contributed by atoms with van der Waals surface area (Å²) in [5.41, 5.74) is 4.14. The highest BCUT2D eigenvalue weighted by Crippen LogP contribution is 2.48. The number of aliphatic carboxylic acids is 1. The number of aryl methyl sites for hydroxylation is 2. The molecule has 0 amide bonds. The lowest BCUT2D eigenvalue weighted by molar-refractivity contribution is -0.132. The van der Waals surface area contributed by atoms with Gasteiger partial charge in [0.1, 0.15) is 12.2 Å². The van der Waals surface area contributed by atoms with Crippen LogP contribution in [0.15, 0.2) is 39.2 Å². The molecule has 23 heavy (non-hydrogen) atoms. The Morgan fingerprint density at radius 2 is 1.83 bits per heavy atom. The number of hydrogen-bond donors (Lipinski definition) is 3. The van der Waals surface area contributed by atoms with Crippen molar-refractivity contribution >= 4 is 17.7 Å². The van der Waals surface area contributed by atoms with Crippen molar-refractivity contribution < 1.29 is 20.1 Å². The molecule has 2 aliphatic carbocycles. The fraction of sp³-hybridized carbons (Fsp3) is 0.389. The number of hydrogen-bond acceptors (Lipinski definition) is 4. The van der Waals surface area contributed by atoms with Crippen LogP contribution in [0.2, 0.25) is 0 Å². The van der Waals surface area contributed by atoms with Gasteiger partial charge in [0.05, 0.1) is 5.57 Å². The molecule has 0 radical (unpaired) electrons. The summed E-state index contributed by atoms with van der Waals surface area (Å²) in [5, 5.41) is 30.7. The molecule has 5 heteroatoms. The third-order valence-corrected chi connectivity index (χ3v) is 6.20. The van der Waals surface area contributed by atoms with E-state index in [1.165, 1.54) is 22.9 Å². The second-order valence-electron chi connectivity index (χ2n) is 6.32. The third kappa shape index (κ3) is 2.35. The fourth-order valence-electron chi connectivity index (χ4n) is 3.75. The molecule has 1 aliphatic heterocycles. The minimum atomic E-state index is -1.04. The van der Waals surface area contributed by atoms with Gasteiger partial charge in [0.25, 0.3) is 0 Å². The SMILES string of the molecule is O=C(O)C1=CCCC2=C1Sc1cc3c(cc1C(O)C2O)CCC3. The van der Waals surface area contributed by atoms with Crippen LogP contribution in [-0.2, 0) is 17.6 Å². The monoisotopic (exact) mass is 330 g/mol. The van der Waals surface area contributed by atoms with E-state index in [0.717, 1.165) is 29.7 Å². The first-order valence-electron chi connectivity index (χ1n) is 7.93. The topological polar surface area (TPSA) is 77.8 Å². The molecule has 1 heterocycles. The van der Waals surface area contributed by atoms with Gasteiger partial charge in [0, 0.05) is 9.80 Å². The van der Waals surface area contributed by atoms with Crippen LogP contribution in [0.5, 0.6) is 0 Å². The Hall–Kier alpha value is -1.56. The molecular weight excluding hydrogens is 312 g/mol. The lowest BCUT2D eigenvalue weighted by Gasteiger charge is -2.23. The number of carboxylic acid groups (broad SMARTS) is 1. The average molecular weight is 330 g/mol. The maximum atomic E-state index is 11.5. The van der Waals surface area contributed by atoms with Crippen molar-refractivity contribution in [2.45, 2.75) is 49.2 Å². The van der Waals surface area contributed by atoms with Crippen LogP contribution in [0.4, 0.5) is 0 Å². The zero-order valence-corrected chi connectivity index (χ0v) is 13.4. The predicted molar refractivity (Wildman–Crippen MR) is 87.3 cm³/mol. The van der Waals surface area contributed by atoms with Gasteiger partial charge in [-0.3, -0.25) is 0 Å². The van der Waals surface area contributed by atoms with Gasteiger partial charge >= 0.3 is 5.97 Å². The summed E-state index contributed by atoms with van der Waals surface area (Å²) in [7, 11) is 0. The maximum Gasteiger partial charge on any atom is 0.336 e. The molecule has 4 rings (SSSR count). The molecule has 0 aromatic heterocycles. The predicted octanol–water partition coefficient (Wildman–Crippen LogP) is 2.73. The number of aliphatic hydroxyl groups is 2. The van der Waals surface area contributed by atoms with Crippen molar-refractivity contribution in [3.05, 3.63) is 51.0 Å². The highest BCUT2D eigenvalue weighted by Gasteiger charge is 2.35. The summed E-state index contributed by atoms with van der Waals surface area (Å²) in [5.74, 6) is -0.976. The molecule has 1 aromatic rings. The van der Waals surface area contributed by atoms with Crippen molar-refractivity contribution in [1.29, 1.82) is 0 Å². The number of rotatable bonds is 1. The van der Waals surface area contributed by atoms with Gasteiger partial charge in [-0.25, -0.2) is 4.79 Å². The van der Waals surface area contributed by atoms with Gasteiger partial charge in [0.2, 0.25) is 0 Å². The molecule has 0 bridgehead atoms. The van der Waals surface area contributed by atoms with E-state index >= 15 is 0 Å². The third-order valence-electron chi connectivity index (χ3n) is 4.94. The van der Waals surface area contributed by atoms with Crippen LogP contribution in [0, 0.1) is 0 Å². The molecule has 2 unspecified atom stereocenters. The summed E-state index contributed by atoms with van der Waals surface area (Å²) in [6, 6.07) is 4.07. The quantitative estimate of drug-likeness (QED) is 0.738. The summed E-state index contributed by atoms with van der Waals surface area (Å²) in [6.45, 7) is 0. The molecule has 0 saturated heterocycles. The normalized spacial score (nSPS) is 26.1. The fourth-order valence-corrected chi connectivity index (χ4v) is 5.10. The second-order valence-corrected chi connectivity index (χ2v) is 7.37. The Balaban J connectivity index is 1.87. The number of allylic oxidation sites excluding steroid dienone is 1. The number of carboxylic acids is 1. The van der Waals surface area contributed by atoms with Gasteiger partial charge in [0.15, 0.2) is 0 Å². The maximum absolute atomic E-state index is 11.5. The minimum absolute atomic E-state index is 0.246. The van der Waals surface area contributed by atoms with Crippen LogP contribution >= 0.6 is 11.8 Å². The smallest absolute Gasteiger partial charge is 0.336 e. The molecule has 1 aromatic carbocycles. The highest BCUT2D eigenvalue weighted by atomic mass is 32.2. The van der Waals surface area contributed by atoms with E-state index in [4.69, 9.17) is 0 Å². The second kappa shape index (κ2) is 5.51. The van der Waals surface area contributed by atoms with E-state index in [1.54, 1.807) is 6.08 Å². The Labute approximate surface area is 138 Å². The number of benzene rings is 1. The van der Waals surface area contributed by atoms with E-state index in [2.05, 4.69) is 6.07 Å². The zero-order valence-electron chi connectivity index (χ0n) is 12.6. The number of fused-ring (bicyclic) bond motifs is 2. The van der Waals surface area contributed by atoms with E-state index in [9.17, 15) is 20.1 Å². The molecule has 3 N–H and O–H groups in total. The first-order chi connectivity index (χ1) is 11.1. The molecule has 120 valence electrons. The number of carbonyl (C=O) groups is 1. The van der Waals surface area contributed by atoms with Crippen LogP contribution in [-0.4, -0.2) is 27.4 Å². The average Bonchev–Trinajstić information content (AvgIpc) is 2.96. The Kier molecular flexibility index (Phi) is 3.59. The molecule has 3 aliphatic rings. The van der Waals surface area contributed by atoms with Crippen molar-refractivity contribution in [3.8, 4) is 0 Å². The summed E-state index contributed by atoms with van der Waals surface area (Å²) >= 11 is 1.38. The highest BCUT2D eigenvalue weighted by molar-refractivity contribution is 8.03. The largest absolute Gasteiger partial charge is 0.478 e. The van der Waals surface area contributed by atoms with Crippen LogP contribution in [0.1, 0.15) is 42.1 Å². The molecule has 0 spiro atoms. The molecule has 2 atom stereocenters. The van der Waals surface area contributed by atoms with Gasteiger partial charge in [-0.15, -0.1) is 0 Å². The zero-order chi connectivity index (χ0) is 16.1. The van der Waals surface area contributed by atoms with Crippen LogP contribution in [0.3, 0.4) is 0 Å². The van der Waals surface area contributed by atoms with Crippen LogP contribution < -0.4 is 0 Å². The molecule has 4 nitrogen and oxygen atoms in total. The number of aliphatic hydroxyl groups excluding tert-OH is 2. The van der Waals surface area contributed by atoms with Crippen molar-refractivity contribution in [3.63, 3.8) is 0 Å². The van der Waals surface area contributed by atoms with Gasteiger partial charge in [-0.1, -0.05) is 23.9 Å². The number of thioether (sulfide) groups is 1. The Bertz CT molecular complexity index is 763. The molecule has 0 saturated carbocycles. The van der Waals surface area contributed by atoms with E-state index < -0.39 is 18.2 Å². The van der Waals surface area contributed by atoms with Gasteiger partial charge in [-0.05, 0) is 60.4 Å². The van der Waals surface area contributed by atoms with Crippen molar-refractivity contribution in [2.24, 2.45) is 0 Å². The van der Waals surface area contributed by atoms with Gasteiger partial charge in [-0.2, -0.15) is 0 Å². The minimum Gasteiger partial charge on any atom is -0.478 e. The van der Waals surface area contributed by atoms with Gasteiger partial charge < -0.3 is 15.3 Å². The molecular formula is C18H18O4S. The molecule has 0 fully saturated rings. The lowest BCUT2D eigenvalue weighted by atomic mass is 9.89.